The Hall–Kier alpha value is -0.530. The zero-order valence-corrected chi connectivity index (χ0v) is 16.6. The van der Waals surface area contributed by atoms with E-state index in [1.54, 1.807) is 19.0 Å². The molecule has 0 spiro atoms. The smallest absolute Gasteiger partial charge is 0.243 e. The summed E-state index contributed by atoms with van der Waals surface area (Å²) in [5, 5.41) is 6.98. The fraction of sp³-hybridized carbons (Fsp3) is 0.875. The summed E-state index contributed by atoms with van der Waals surface area (Å²) in [5.41, 5.74) is 0. The highest BCUT2D eigenvalue weighted by atomic mass is 127. The zero-order valence-electron chi connectivity index (χ0n) is 14.3. The highest BCUT2D eigenvalue weighted by Gasteiger charge is 2.27. The molecule has 2 rings (SSSR count). The van der Waals surface area contributed by atoms with Gasteiger partial charge in [0.25, 0.3) is 0 Å². The van der Waals surface area contributed by atoms with E-state index in [9.17, 15) is 4.79 Å². The van der Waals surface area contributed by atoms with Crippen molar-refractivity contribution >= 4 is 35.8 Å². The van der Waals surface area contributed by atoms with Crippen LogP contribution >= 0.6 is 24.0 Å². The van der Waals surface area contributed by atoms with Gasteiger partial charge >= 0.3 is 0 Å². The van der Waals surface area contributed by atoms with Gasteiger partial charge in [0.15, 0.2) is 5.96 Å². The van der Waals surface area contributed by atoms with Gasteiger partial charge in [-0.2, -0.15) is 0 Å². The van der Waals surface area contributed by atoms with Gasteiger partial charge in [-0.25, -0.2) is 4.99 Å². The molecule has 2 atom stereocenters. The third-order valence-electron chi connectivity index (χ3n) is 4.31. The molecule has 0 bridgehead atoms. The van der Waals surface area contributed by atoms with Gasteiger partial charge in [-0.15, -0.1) is 24.0 Å². The van der Waals surface area contributed by atoms with Crippen molar-refractivity contribution in [2.75, 3.05) is 20.6 Å². The Kier molecular flexibility index (Phi) is 7.93. The average Bonchev–Trinajstić information content (AvgIpc) is 3.18. The van der Waals surface area contributed by atoms with Crippen LogP contribution < -0.4 is 10.6 Å². The van der Waals surface area contributed by atoms with Crippen molar-refractivity contribution in [3.8, 4) is 0 Å². The van der Waals surface area contributed by atoms with E-state index in [1.807, 2.05) is 0 Å². The van der Waals surface area contributed by atoms with Crippen molar-refractivity contribution < 1.29 is 4.79 Å². The summed E-state index contributed by atoms with van der Waals surface area (Å²) in [6, 6.07) is 1.02. The first-order chi connectivity index (χ1) is 9.94. The number of carbonyl (C=O) groups is 1. The highest BCUT2D eigenvalue weighted by Crippen LogP contribution is 2.28. The quantitative estimate of drug-likeness (QED) is 0.415. The van der Waals surface area contributed by atoms with Crippen molar-refractivity contribution in [1.29, 1.82) is 0 Å². The Labute approximate surface area is 151 Å². The predicted molar refractivity (Wildman–Crippen MR) is 102 cm³/mol. The van der Waals surface area contributed by atoms with E-state index in [2.05, 4.69) is 29.5 Å². The number of aliphatic imine (C=N–C) groups is 1. The molecule has 0 aromatic heterocycles. The van der Waals surface area contributed by atoms with Crippen LogP contribution in [0.2, 0.25) is 0 Å². The molecular weight excluding hydrogens is 391 g/mol. The van der Waals surface area contributed by atoms with E-state index in [4.69, 9.17) is 0 Å². The van der Waals surface area contributed by atoms with E-state index in [0.717, 1.165) is 17.8 Å². The topological polar surface area (TPSA) is 56.7 Å². The van der Waals surface area contributed by atoms with Crippen LogP contribution in [0.15, 0.2) is 4.99 Å². The van der Waals surface area contributed by atoms with Gasteiger partial charge in [0.05, 0.1) is 0 Å². The molecule has 2 aliphatic rings. The first-order valence-electron chi connectivity index (χ1n) is 8.21. The molecule has 0 aliphatic heterocycles. The maximum Gasteiger partial charge on any atom is 0.243 e. The van der Waals surface area contributed by atoms with E-state index in [0.29, 0.717) is 12.1 Å². The minimum Gasteiger partial charge on any atom is -0.354 e. The molecule has 6 heteroatoms. The molecule has 0 aromatic rings. The number of likely N-dealkylation sites (N-methyl/N-ethyl adjacent to an activating group) is 1. The lowest BCUT2D eigenvalue weighted by molar-refractivity contribution is -0.127. The summed E-state index contributed by atoms with van der Waals surface area (Å²) in [4.78, 5) is 17.8. The average molecular weight is 422 g/mol. The third kappa shape index (κ3) is 6.71. The second-order valence-electron chi connectivity index (χ2n) is 7.13. The fourth-order valence-electron chi connectivity index (χ4n) is 3.10. The number of nitrogens with one attached hydrogen (secondary N) is 2. The van der Waals surface area contributed by atoms with Gasteiger partial charge < -0.3 is 15.5 Å². The lowest BCUT2D eigenvalue weighted by Gasteiger charge is -2.33. The number of amides is 1. The van der Waals surface area contributed by atoms with Gasteiger partial charge in [-0.3, -0.25) is 4.79 Å². The maximum atomic E-state index is 11.7. The number of guanidine groups is 1. The second kappa shape index (κ2) is 8.93. The number of hydrogen-bond donors (Lipinski definition) is 2. The molecule has 128 valence electrons. The number of nitrogens with zero attached hydrogens (tertiary/aromatic N) is 2. The van der Waals surface area contributed by atoms with Gasteiger partial charge in [-0.05, 0) is 43.9 Å². The van der Waals surface area contributed by atoms with E-state index in [-0.39, 0.29) is 36.4 Å². The fourth-order valence-corrected chi connectivity index (χ4v) is 3.10. The zero-order chi connectivity index (χ0) is 15.4. The molecule has 1 amide bonds. The van der Waals surface area contributed by atoms with Crippen molar-refractivity contribution in [2.45, 2.75) is 58.0 Å². The van der Waals surface area contributed by atoms with Crippen LogP contribution in [-0.2, 0) is 4.79 Å². The second-order valence-corrected chi connectivity index (χ2v) is 7.13. The normalized spacial score (nSPS) is 28.5. The summed E-state index contributed by atoms with van der Waals surface area (Å²) < 4.78 is 0. The maximum absolute atomic E-state index is 11.7. The molecular formula is C16H31IN4O. The van der Waals surface area contributed by atoms with E-state index < -0.39 is 0 Å². The third-order valence-corrected chi connectivity index (χ3v) is 4.31. The van der Waals surface area contributed by atoms with Crippen molar-refractivity contribution in [1.82, 2.24) is 15.5 Å². The van der Waals surface area contributed by atoms with Crippen LogP contribution in [0.3, 0.4) is 0 Å². The van der Waals surface area contributed by atoms with E-state index in [1.165, 1.54) is 32.1 Å². The lowest BCUT2D eigenvalue weighted by atomic mass is 9.80. The minimum atomic E-state index is 0. The summed E-state index contributed by atoms with van der Waals surface area (Å²) in [7, 11) is 3.54. The van der Waals surface area contributed by atoms with Crippen LogP contribution in [0, 0.1) is 11.8 Å². The van der Waals surface area contributed by atoms with Crippen LogP contribution in [0.5, 0.6) is 0 Å². The first-order valence-corrected chi connectivity index (χ1v) is 8.21. The summed E-state index contributed by atoms with van der Waals surface area (Å²) in [5.74, 6) is 2.38. The minimum absolute atomic E-state index is 0. The number of carbonyl (C=O) groups excluding carboxylic acids is 1. The van der Waals surface area contributed by atoms with Gasteiger partial charge in [0.2, 0.25) is 5.91 Å². The van der Waals surface area contributed by atoms with Gasteiger partial charge in [0, 0.05) is 26.2 Å². The highest BCUT2D eigenvalue weighted by molar-refractivity contribution is 14.0. The van der Waals surface area contributed by atoms with Gasteiger partial charge in [0.1, 0.15) is 6.54 Å². The Morgan fingerprint density at radius 2 is 1.59 bits per heavy atom. The largest absolute Gasteiger partial charge is 0.354 e. The Morgan fingerprint density at radius 3 is 2.09 bits per heavy atom. The summed E-state index contributed by atoms with van der Waals surface area (Å²) >= 11 is 0. The molecule has 2 N–H and O–H groups in total. The first kappa shape index (κ1) is 19.5. The molecule has 0 saturated heterocycles. The van der Waals surface area contributed by atoms with E-state index >= 15 is 0 Å². The molecule has 0 heterocycles. The predicted octanol–water partition coefficient (Wildman–Crippen LogP) is 2.21. The van der Waals surface area contributed by atoms with Crippen molar-refractivity contribution in [3.05, 3.63) is 0 Å². The molecule has 22 heavy (non-hydrogen) atoms. The van der Waals surface area contributed by atoms with Crippen LogP contribution in [0.25, 0.3) is 0 Å². The summed E-state index contributed by atoms with van der Waals surface area (Å²) in [6.45, 7) is 4.86. The molecule has 2 unspecified atom stereocenters. The summed E-state index contributed by atoms with van der Waals surface area (Å²) in [6.07, 6.45) is 6.12. The van der Waals surface area contributed by atoms with Crippen molar-refractivity contribution in [2.24, 2.45) is 16.8 Å². The van der Waals surface area contributed by atoms with Crippen LogP contribution in [0.4, 0.5) is 0 Å². The lowest BCUT2D eigenvalue weighted by Crippen LogP contribution is -2.47. The number of rotatable bonds is 4. The number of halogens is 1. The van der Waals surface area contributed by atoms with Crippen LogP contribution in [-0.4, -0.2) is 49.5 Å². The molecule has 5 nitrogen and oxygen atoms in total. The van der Waals surface area contributed by atoms with Crippen LogP contribution in [0.1, 0.15) is 46.0 Å². The molecule has 2 aliphatic carbocycles. The molecule has 0 radical (unpaired) electrons. The Bertz CT molecular complexity index is 386. The molecule has 0 aromatic carbocycles. The Balaban J connectivity index is 0.00000242. The SMILES string of the molecule is CC1CC(C)CC(NC(=NCC(=O)N(C)C)NC2CC2)C1.I. The molecule has 2 fully saturated rings. The monoisotopic (exact) mass is 422 g/mol. The molecule has 2 saturated carbocycles. The van der Waals surface area contributed by atoms with Crippen molar-refractivity contribution in [3.63, 3.8) is 0 Å². The Morgan fingerprint density at radius 1 is 1.05 bits per heavy atom. The standard InChI is InChI=1S/C16H30N4O.HI/c1-11-7-12(2)9-14(8-11)19-16(18-13-5-6-13)17-10-15(21)20(3)4;/h11-14H,5-10H2,1-4H3,(H2,17,18,19);1H. The van der Waals surface area contributed by atoms with Gasteiger partial charge in [-0.1, -0.05) is 13.8 Å². The number of hydrogen-bond acceptors (Lipinski definition) is 2.